The summed E-state index contributed by atoms with van der Waals surface area (Å²) >= 11 is 3.23. The Kier molecular flexibility index (Phi) is 7.13. The molecule has 1 aliphatic carbocycles. The lowest BCUT2D eigenvalue weighted by Crippen LogP contribution is -2.65. The molecule has 1 amide bonds. The maximum absolute atomic E-state index is 13.3. The van der Waals surface area contributed by atoms with E-state index in [1.165, 1.54) is 19.3 Å². The molecule has 1 saturated carbocycles. The number of carbonyl (C=O) groups excluding carboxylic acids is 1. The topological polar surface area (TPSA) is 86.3 Å². The summed E-state index contributed by atoms with van der Waals surface area (Å²) in [5.74, 6) is 1.15. The van der Waals surface area contributed by atoms with Crippen LogP contribution in [0.1, 0.15) is 36.5 Å². The summed E-state index contributed by atoms with van der Waals surface area (Å²) in [6, 6.07) is 5.90. The van der Waals surface area contributed by atoms with Gasteiger partial charge in [0, 0.05) is 61.1 Å². The zero-order valence-corrected chi connectivity index (χ0v) is 22.2. The number of thiazole rings is 1. The Morgan fingerprint density at radius 3 is 2.69 bits per heavy atom. The van der Waals surface area contributed by atoms with Crippen LogP contribution < -0.4 is 10.6 Å². The van der Waals surface area contributed by atoms with Crippen molar-refractivity contribution in [1.82, 2.24) is 24.8 Å². The van der Waals surface area contributed by atoms with E-state index in [-0.39, 0.29) is 11.4 Å². The Morgan fingerprint density at radius 2 is 1.97 bits per heavy atom. The summed E-state index contributed by atoms with van der Waals surface area (Å²) in [4.78, 5) is 32.2. The van der Waals surface area contributed by atoms with E-state index in [1.54, 1.807) is 23.1 Å². The summed E-state index contributed by atoms with van der Waals surface area (Å²) in [5, 5.41) is 7.63. The van der Waals surface area contributed by atoms with Crippen molar-refractivity contribution >= 4 is 50.3 Å². The van der Waals surface area contributed by atoms with Crippen molar-refractivity contribution in [3.8, 4) is 0 Å². The molecule has 1 atom stereocenters. The number of aromatic nitrogens is 3. The number of benzene rings is 1. The van der Waals surface area contributed by atoms with Crippen LogP contribution in [-0.4, -0.2) is 82.2 Å². The minimum atomic E-state index is 0.140. The maximum Gasteiger partial charge on any atom is 0.254 e. The van der Waals surface area contributed by atoms with Crippen LogP contribution in [0.3, 0.4) is 0 Å². The van der Waals surface area contributed by atoms with Crippen molar-refractivity contribution in [2.24, 2.45) is 5.92 Å². The van der Waals surface area contributed by atoms with Crippen molar-refractivity contribution in [2.75, 3.05) is 56.7 Å². The Morgan fingerprint density at radius 1 is 1.20 bits per heavy atom. The summed E-state index contributed by atoms with van der Waals surface area (Å²) in [6.07, 6.45) is 9.33. The molecule has 1 aromatic carbocycles. The second kappa shape index (κ2) is 10.3. The first-order chi connectivity index (χ1) is 17.0. The highest BCUT2D eigenvalue weighted by molar-refractivity contribution is 7.98. The van der Waals surface area contributed by atoms with Gasteiger partial charge in [0.25, 0.3) is 5.91 Å². The number of hydrogen-bond acceptors (Lipinski definition) is 9. The van der Waals surface area contributed by atoms with Gasteiger partial charge < -0.3 is 15.5 Å². The van der Waals surface area contributed by atoms with Gasteiger partial charge in [0.1, 0.15) is 0 Å². The molecule has 35 heavy (non-hydrogen) atoms. The quantitative estimate of drug-likeness (QED) is 0.434. The molecule has 2 aliphatic rings. The van der Waals surface area contributed by atoms with E-state index in [1.807, 2.05) is 41.7 Å². The molecule has 0 unspecified atom stereocenters. The minimum Gasteiger partial charge on any atom is -0.361 e. The first-order valence-electron chi connectivity index (χ1n) is 12.2. The molecular weight excluding hydrogens is 478 g/mol. The molecule has 2 aromatic heterocycles. The van der Waals surface area contributed by atoms with E-state index in [0.29, 0.717) is 11.9 Å². The second-order valence-electron chi connectivity index (χ2n) is 9.74. The Hall–Kier alpha value is -2.43. The molecule has 1 aliphatic heterocycles. The van der Waals surface area contributed by atoms with Crippen LogP contribution in [-0.2, 0) is 0 Å². The fourth-order valence-corrected chi connectivity index (χ4v) is 6.02. The van der Waals surface area contributed by atoms with E-state index in [2.05, 4.69) is 39.5 Å². The predicted octanol–water partition coefficient (Wildman–Crippen LogP) is 4.28. The van der Waals surface area contributed by atoms with E-state index < -0.39 is 0 Å². The number of nitrogens with one attached hydrogen (secondary N) is 2. The van der Waals surface area contributed by atoms with Crippen LogP contribution in [0, 0.1) is 5.92 Å². The van der Waals surface area contributed by atoms with Gasteiger partial charge in [0.15, 0.2) is 5.13 Å². The molecule has 0 bridgehead atoms. The van der Waals surface area contributed by atoms with Gasteiger partial charge in [-0.1, -0.05) is 18.3 Å². The van der Waals surface area contributed by atoms with Crippen LogP contribution in [0.25, 0.3) is 10.2 Å². The molecule has 2 N–H and O–H groups in total. The van der Waals surface area contributed by atoms with Crippen molar-refractivity contribution in [1.29, 1.82) is 0 Å². The Labute approximate surface area is 214 Å². The summed E-state index contributed by atoms with van der Waals surface area (Å²) < 4.78 is 1.04. The Bertz CT molecular complexity index is 1180. The number of amides is 1. The molecule has 1 spiro atoms. The van der Waals surface area contributed by atoms with Gasteiger partial charge in [-0.25, -0.2) is 15.0 Å². The minimum absolute atomic E-state index is 0.140. The zero-order chi connectivity index (χ0) is 24.4. The molecule has 2 fully saturated rings. The number of likely N-dealkylation sites (N-methyl/N-ethyl adjacent to an activating group) is 1. The highest BCUT2D eigenvalue weighted by Crippen LogP contribution is 2.39. The highest BCUT2D eigenvalue weighted by atomic mass is 32.2. The molecule has 0 radical (unpaired) electrons. The van der Waals surface area contributed by atoms with Crippen LogP contribution in [0.5, 0.6) is 0 Å². The van der Waals surface area contributed by atoms with Gasteiger partial charge in [0.05, 0.1) is 10.2 Å². The normalized spacial score (nSPS) is 18.4. The van der Waals surface area contributed by atoms with Crippen molar-refractivity contribution in [3.05, 3.63) is 36.2 Å². The van der Waals surface area contributed by atoms with Crippen LogP contribution in [0.2, 0.25) is 0 Å². The number of anilines is 2. The van der Waals surface area contributed by atoms with Crippen LogP contribution in [0.4, 0.5) is 11.1 Å². The maximum atomic E-state index is 13.3. The first-order valence-corrected chi connectivity index (χ1v) is 14.2. The van der Waals surface area contributed by atoms with Crippen molar-refractivity contribution < 1.29 is 4.79 Å². The number of carbonyl (C=O) groups is 1. The number of rotatable bonds is 8. The number of hydrogen-bond donors (Lipinski definition) is 2. The summed E-state index contributed by atoms with van der Waals surface area (Å²) in [5.41, 5.74) is 1.89. The number of fused-ring (bicyclic) bond motifs is 1. The fraction of sp³-hybridized carbons (Fsp3) is 0.520. The smallest absolute Gasteiger partial charge is 0.254 e. The molecule has 186 valence electrons. The number of piperazine rings is 1. The van der Waals surface area contributed by atoms with Gasteiger partial charge >= 0.3 is 0 Å². The monoisotopic (exact) mass is 511 g/mol. The van der Waals surface area contributed by atoms with E-state index in [0.717, 1.165) is 58.5 Å². The lowest BCUT2D eigenvalue weighted by Gasteiger charge is -2.54. The van der Waals surface area contributed by atoms with Gasteiger partial charge in [-0.2, -0.15) is 0 Å². The van der Waals surface area contributed by atoms with Gasteiger partial charge in [-0.05, 0) is 56.7 Å². The fourth-order valence-electron chi connectivity index (χ4n) is 4.79. The molecule has 3 heterocycles. The van der Waals surface area contributed by atoms with E-state index >= 15 is 0 Å². The molecule has 1 saturated heterocycles. The molecule has 3 aromatic rings. The standard InChI is InChI=1S/C25H33N7OS2/c1-17(12-26-23-27-14-19(34-3)15-28-23)13-29-24-30-20-6-5-18(11-21(20)35-24)22(33)32-10-9-31(2)25(16-32)7-4-8-25/h5-6,11,14-15,17H,4,7-10,12-13,16H2,1-3H3,(H,29,30)(H,26,27,28)/t17-/m0/s1. The third-order valence-electron chi connectivity index (χ3n) is 7.28. The largest absolute Gasteiger partial charge is 0.361 e. The highest BCUT2D eigenvalue weighted by Gasteiger charge is 2.45. The number of nitrogens with zero attached hydrogens (tertiary/aromatic N) is 5. The lowest BCUT2D eigenvalue weighted by molar-refractivity contribution is -0.0290. The van der Waals surface area contributed by atoms with Crippen molar-refractivity contribution in [2.45, 2.75) is 36.6 Å². The third-order valence-corrected chi connectivity index (χ3v) is 8.94. The average Bonchev–Trinajstić information content (AvgIpc) is 3.27. The van der Waals surface area contributed by atoms with Gasteiger partial charge in [-0.15, -0.1) is 11.8 Å². The van der Waals surface area contributed by atoms with E-state index in [4.69, 9.17) is 4.98 Å². The summed E-state index contributed by atoms with van der Waals surface area (Å²) in [6.45, 7) is 6.31. The first kappa shape index (κ1) is 24.3. The predicted molar refractivity (Wildman–Crippen MR) is 145 cm³/mol. The second-order valence-corrected chi connectivity index (χ2v) is 11.7. The zero-order valence-electron chi connectivity index (χ0n) is 20.6. The third kappa shape index (κ3) is 5.24. The molecular formula is C25H33N7OS2. The Balaban J connectivity index is 1.16. The molecule has 10 heteroatoms. The average molecular weight is 512 g/mol. The lowest BCUT2D eigenvalue weighted by atomic mass is 9.74. The van der Waals surface area contributed by atoms with E-state index in [9.17, 15) is 4.79 Å². The van der Waals surface area contributed by atoms with Crippen LogP contribution in [0.15, 0.2) is 35.5 Å². The van der Waals surface area contributed by atoms with Gasteiger partial charge in [0.2, 0.25) is 5.95 Å². The number of thioether (sulfide) groups is 1. The SMILES string of the molecule is CSc1cnc(NC[C@H](C)CNc2nc3ccc(C(=O)N4CCN(C)C5(CCC5)C4)cc3s2)nc1. The molecule has 5 rings (SSSR count). The summed E-state index contributed by atoms with van der Waals surface area (Å²) in [7, 11) is 2.20. The molecule has 8 nitrogen and oxygen atoms in total. The van der Waals surface area contributed by atoms with Crippen molar-refractivity contribution in [3.63, 3.8) is 0 Å². The van der Waals surface area contributed by atoms with Gasteiger partial charge in [-0.3, -0.25) is 9.69 Å². The van der Waals surface area contributed by atoms with Crippen LogP contribution >= 0.6 is 23.1 Å².